The Bertz CT molecular complexity index is 387. The van der Waals surface area contributed by atoms with E-state index in [0.717, 1.165) is 12.1 Å². The molecule has 3 heteroatoms. The van der Waals surface area contributed by atoms with Crippen LogP contribution in [0.25, 0.3) is 6.08 Å². The van der Waals surface area contributed by atoms with Gasteiger partial charge >= 0.3 is 0 Å². The highest BCUT2D eigenvalue weighted by Gasteiger charge is 2.09. The molecule has 0 saturated heterocycles. The van der Waals surface area contributed by atoms with Crippen LogP contribution in [-0.2, 0) is 9.53 Å². The highest BCUT2D eigenvalue weighted by Crippen LogP contribution is 2.02. The Kier molecular flexibility index (Phi) is 7.59. The van der Waals surface area contributed by atoms with Crippen molar-refractivity contribution in [3.63, 3.8) is 0 Å². The summed E-state index contributed by atoms with van der Waals surface area (Å²) in [6, 6.07) is 10.1. The van der Waals surface area contributed by atoms with Crippen molar-refractivity contribution in [3.05, 3.63) is 42.0 Å². The number of likely N-dealkylation sites (N-methyl/N-ethyl adjacent to an activating group) is 1. The number of rotatable bonds is 8. The van der Waals surface area contributed by atoms with Crippen LogP contribution >= 0.6 is 0 Å². The third-order valence-corrected chi connectivity index (χ3v) is 2.83. The second-order valence-corrected chi connectivity index (χ2v) is 4.19. The van der Waals surface area contributed by atoms with Crippen LogP contribution in [0.15, 0.2) is 36.4 Å². The van der Waals surface area contributed by atoms with Crippen LogP contribution in [0.4, 0.5) is 0 Å². The molecule has 0 aliphatic rings. The van der Waals surface area contributed by atoms with Gasteiger partial charge in [0.05, 0.1) is 13.0 Å². The number of benzene rings is 1. The molecule has 3 nitrogen and oxygen atoms in total. The molecule has 0 spiro atoms. The monoisotopic (exact) mass is 261 g/mol. The first-order valence-corrected chi connectivity index (χ1v) is 6.85. The normalized spacial score (nSPS) is 10.8. The molecular weight excluding hydrogens is 238 g/mol. The predicted molar refractivity (Wildman–Crippen MR) is 78.8 cm³/mol. The summed E-state index contributed by atoms with van der Waals surface area (Å²) in [5.41, 5.74) is 1.15. The van der Waals surface area contributed by atoms with E-state index in [9.17, 15) is 4.79 Å². The molecule has 1 aromatic carbocycles. The van der Waals surface area contributed by atoms with Gasteiger partial charge in [-0.15, -0.1) is 0 Å². The van der Waals surface area contributed by atoms with Crippen LogP contribution in [0.1, 0.15) is 25.8 Å². The summed E-state index contributed by atoms with van der Waals surface area (Å²) in [7, 11) is 0. The Balaban J connectivity index is 2.39. The van der Waals surface area contributed by atoms with E-state index >= 15 is 0 Å². The average molecular weight is 261 g/mol. The van der Waals surface area contributed by atoms with Crippen LogP contribution in [0, 0.1) is 0 Å². The van der Waals surface area contributed by atoms with Crippen molar-refractivity contribution in [1.29, 1.82) is 0 Å². The van der Waals surface area contributed by atoms with E-state index in [1.807, 2.05) is 61.2 Å². The number of nitrogens with zero attached hydrogens (tertiary/aromatic N) is 1. The SMILES string of the molecule is CCOCCC(=O)N(CC)CC=Cc1ccccc1. The van der Waals surface area contributed by atoms with Crippen molar-refractivity contribution < 1.29 is 9.53 Å². The lowest BCUT2D eigenvalue weighted by atomic mass is 10.2. The number of carbonyl (C=O) groups excluding carboxylic acids is 1. The number of ether oxygens (including phenoxy) is 1. The maximum atomic E-state index is 11.9. The molecule has 19 heavy (non-hydrogen) atoms. The zero-order valence-corrected chi connectivity index (χ0v) is 11.8. The molecule has 0 fully saturated rings. The maximum Gasteiger partial charge on any atom is 0.225 e. The fourth-order valence-electron chi connectivity index (χ4n) is 1.75. The fourth-order valence-corrected chi connectivity index (χ4v) is 1.75. The number of amides is 1. The lowest BCUT2D eigenvalue weighted by molar-refractivity contribution is -0.131. The molecule has 0 N–H and O–H groups in total. The minimum atomic E-state index is 0.147. The van der Waals surface area contributed by atoms with Gasteiger partial charge in [0.25, 0.3) is 0 Å². The van der Waals surface area contributed by atoms with E-state index in [4.69, 9.17) is 4.74 Å². The zero-order valence-electron chi connectivity index (χ0n) is 11.8. The standard InChI is InChI=1S/C16H23NO2/c1-3-17(16(18)12-14-19-4-2)13-8-11-15-9-6-5-7-10-15/h5-11H,3-4,12-14H2,1-2H3. The highest BCUT2D eigenvalue weighted by molar-refractivity contribution is 5.76. The van der Waals surface area contributed by atoms with E-state index in [0.29, 0.717) is 26.2 Å². The minimum Gasteiger partial charge on any atom is -0.381 e. The number of hydrogen-bond donors (Lipinski definition) is 0. The molecule has 0 saturated carbocycles. The van der Waals surface area contributed by atoms with Gasteiger partial charge in [-0.1, -0.05) is 42.5 Å². The van der Waals surface area contributed by atoms with Gasteiger partial charge in [-0.05, 0) is 19.4 Å². The first-order valence-electron chi connectivity index (χ1n) is 6.85. The van der Waals surface area contributed by atoms with Gasteiger partial charge in [0, 0.05) is 19.7 Å². The topological polar surface area (TPSA) is 29.5 Å². The molecular formula is C16H23NO2. The second-order valence-electron chi connectivity index (χ2n) is 4.19. The summed E-state index contributed by atoms with van der Waals surface area (Å²) < 4.78 is 5.21. The van der Waals surface area contributed by atoms with Crippen molar-refractivity contribution in [2.24, 2.45) is 0 Å². The van der Waals surface area contributed by atoms with Crippen molar-refractivity contribution in [2.75, 3.05) is 26.3 Å². The summed E-state index contributed by atoms with van der Waals surface area (Å²) in [5.74, 6) is 0.147. The summed E-state index contributed by atoms with van der Waals surface area (Å²) >= 11 is 0. The van der Waals surface area contributed by atoms with E-state index in [1.165, 1.54) is 0 Å². The minimum absolute atomic E-state index is 0.147. The summed E-state index contributed by atoms with van der Waals surface area (Å²) in [4.78, 5) is 13.7. The zero-order chi connectivity index (χ0) is 13.9. The summed E-state index contributed by atoms with van der Waals surface area (Å²) in [6.45, 7) is 6.47. The molecule has 0 atom stereocenters. The van der Waals surface area contributed by atoms with Gasteiger partial charge < -0.3 is 9.64 Å². The van der Waals surface area contributed by atoms with Gasteiger partial charge in [0.15, 0.2) is 0 Å². The van der Waals surface area contributed by atoms with Gasteiger partial charge in [0.2, 0.25) is 5.91 Å². The van der Waals surface area contributed by atoms with Crippen LogP contribution in [-0.4, -0.2) is 37.1 Å². The van der Waals surface area contributed by atoms with Crippen LogP contribution in [0.3, 0.4) is 0 Å². The lowest BCUT2D eigenvalue weighted by Gasteiger charge is -2.18. The predicted octanol–water partition coefficient (Wildman–Crippen LogP) is 2.97. The Morgan fingerprint density at radius 2 is 2.00 bits per heavy atom. The number of hydrogen-bond acceptors (Lipinski definition) is 2. The first kappa shape index (κ1) is 15.4. The molecule has 0 aliphatic heterocycles. The van der Waals surface area contributed by atoms with Crippen LogP contribution in [0.5, 0.6) is 0 Å². The molecule has 1 aromatic rings. The molecule has 0 bridgehead atoms. The van der Waals surface area contributed by atoms with E-state index in [-0.39, 0.29) is 5.91 Å². The Labute approximate surface area is 115 Å². The number of carbonyl (C=O) groups is 1. The largest absolute Gasteiger partial charge is 0.381 e. The van der Waals surface area contributed by atoms with Crippen molar-refractivity contribution >= 4 is 12.0 Å². The van der Waals surface area contributed by atoms with Crippen molar-refractivity contribution in [3.8, 4) is 0 Å². The molecule has 0 radical (unpaired) electrons. The van der Waals surface area contributed by atoms with E-state index in [2.05, 4.69) is 0 Å². The summed E-state index contributed by atoms with van der Waals surface area (Å²) in [6.07, 6.45) is 4.52. The molecule has 0 unspecified atom stereocenters. The first-order chi connectivity index (χ1) is 9.27. The summed E-state index contributed by atoms with van der Waals surface area (Å²) in [5, 5.41) is 0. The Morgan fingerprint density at radius 3 is 2.63 bits per heavy atom. The molecule has 1 amide bonds. The average Bonchev–Trinajstić information content (AvgIpc) is 2.45. The fraction of sp³-hybridized carbons (Fsp3) is 0.438. The van der Waals surface area contributed by atoms with Gasteiger partial charge in [-0.25, -0.2) is 0 Å². The highest BCUT2D eigenvalue weighted by atomic mass is 16.5. The quantitative estimate of drug-likeness (QED) is 0.673. The van der Waals surface area contributed by atoms with E-state index < -0.39 is 0 Å². The second kappa shape index (κ2) is 9.34. The Morgan fingerprint density at radius 1 is 1.26 bits per heavy atom. The van der Waals surface area contributed by atoms with Crippen LogP contribution < -0.4 is 0 Å². The Hall–Kier alpha value is -1.61. The lowest BCUT2D eigenvalue weighted by Crippen LogP contribution is -2.31. The van der Waals surface area contributed by atoms with Gasteiger partial charge in [-0.2, -0.15) is 0 Å². The smallest absolute Gasteiger partial charge is 0.225 e. The molecule has 104 valence electrons. The van der Waals surface area contributed by atoms with Gasteiger partial charge in [-0.3, -0.25) is 4.79 Å². The molecule has 0 heterocycles. The van der Waals surface area contributed by atoms with Crippen LogP contribution in [0.2, 0.25) is 0 Å². The van der Waals surface area contributed by atoms with E-state index in [1.54, 1.807) is 0 Å². The third kappa shape index (κ3) is 6.20. The van der Waals surface area contributed by atoms with Crippen molar-refractivity contribution in [2.45, 2.75) is 20.3 Å². The maximum absolute atomic E-state index is 11.9. The third-order valence-electron chi connectivity index (χ3n) is 2.83. The van der Waals surface area contributed by atoms with Gasteiger partial charge in [0.1, 0.15) is 0 Å². The molecule has 1 rings (SSSR count). The van der Waals surface area contributed by atoms with Crippen molar-refractivity contribution in [1.82, 2.24) is 4.90 Å². The molecule has 0 aliphatic carbocycles. The molecule has 0 aromatic heterocycles.